The maximum Gasteiger partial charge on any atom is 0.380 e. The predicted octanol–water partition coefficient (Wildman–Crippen LogP) is 16.4. The Hall–Kier alpha value is -9.75. The highest BCUT2D eigenvalue weighted by Gasteiger charge is 2.30. The molecule has 0 unspecified atom stereocenters. The molecule has 30 heteroatoms. The summed E-state index contributed by atoms with van der Waals surface area (Å²) in [5.41, 5.74) is 28.8. The summed E-state index contributed by atoms with van der Waals surface area (Å²) >= 11 is 0. The van der Waals surface area contributed by atoms with E-state index in [1.807, 2.05) is 128 Å². The summed E-state index contributed by atoms with van der Waals surface area (Å²) in [6.45, 7) is 68.4. The van der Waals surface area contributed by atoms with Crippen LogP contribution in [0.3, 0.4) is 0 Å². The number of aromatic nitrogens is 2. The van der Waals surface area contributed by atoms with Crippen molar-refractivity contribution in [3.8, 4) is 0 Å². The molecule has 2 atom stereocenters. The van der Waals surface area contributed by atoms with Crippen LogP contribution in [-0.2, 0) is 99.2 Å². The Balaban J connectivity index is -0.0000000282. The molecule has 4 aromatic carbocycles. The lowest BCUT2D eigenvalue weighted by molar-refractivity contribution is -0.291. The molecular formula is C90H199N16O14+. The fourth-order valence-electron chi connectivity index (χ4n) is 5.79. The molecule has 30 N–H and O–H groups in total. The van der Waals surface area contributed by atoms with Gasteiger partial charge >= 0.3 is 6.33 Å². The van der Waals surface area contributed by atoms with Crippen molar-refractivity contribution >= 4 is 92.4 Å². The number of aromatic amines is 1. The van der Waals surface area contributed by atoms with Gasteiger partial charge in [0.25, 0.3) is 0 Å². The van der Waals surface area contributed by atoms with E-state index in [1.54, 1.807) is 20.2 Å². The van der Waals surface area contributed by atoms with E-state index in [4.69, 9.17) is 52.7 Å². The minimum Gasteiger partial charge on any atom is -0.344 e. The van der Waals surface area contributed by atoms with Gasteiger partial charge in [-0.3, -0.25) is 14.4 Å². The third-order valence-electron chi connectivity index (χ3n) is 13.7. The average Bonchev–Trinajstić information content (AvgIpc) is 0.852. The number of nitrogens with two attached hydrogens (primary N) is 5. The van der Waals surface area contributed by atoms with Gasteiger partial charge in [-0.05, 0) is 133 Å². The fourth-order valence-corrected chi connectivity index (χ4v) is 5.79. The van der Waals surface area contributed by atoms with Crippen molar-refractivity contribution in [2.45, 2.75) is 241 Å². The van der Waals surface area contributed by atoms with Crippen molar-refractivity contribution in [1.29, 1.82) is 0 Å². The monoisotopic (exact) mass is 1730 g/mol. The van der Waals surface area contributed by atoms with E-state index in [0.29, 0.717) is 6.42 Å². The van der Waals surface area contributed by atoms with Crippen LogP contribution in [0.4, 0.5) is 0 Å². The molecule has 1 saturated heterocycles. The van der Waals surface area contributed by atoms with E-state index in [-0.39, 0.29) is 60.3 Å². The quantitative estimate of drug-likeness (QED) is 0.0463. The maximum absolute atomic E-state index is 12.8. The second kappa shape index (κ2) is 194. The molecule has 3 amide bonds. The van der Waals surface area contributed by atoms with Gasteiger partial charge in [-0.2, -0.15) is 9.97 Å². The molecule has 0 bridgehead atoms. The van der Waals surface area contributed by atoms with Gasteiger partial charge in [-0.15, -0.1) is 0 Å². The summed E-state index contributed by atoms with van der Waals surface area (Å²) in [7, 11) is 9.12. The Morgan fingerprint density at radius 1 is 0.392 bits per heavy atom. The minimum atomic E-state index is -0.647. The van der Waals surface area contributed by atoms with Crippen molar-refractivity contribution in [1.82, 2.24) is 57.0 Å². The molecule has 6 rings (SSSR count). The van der Waals surface area contributed by atoms with E-state index < -0.39 is 12.1 Å². The Kier molecular flexibility index (Phi) is 300. The third-order valence-corrected chi connectivity index (χ3v) is 13.7. The number of nitrogens with one attached hydrogen (secondary N) is 2. The molecule has 722 valence electrons. The van der Waals surface area contributed by atoms with Gasteiger partial charge in [-0.1, -0.05) is 285 Å². The molecule has 120 heavy (non-hydrogen) atoms. The molecule has 0 radical (unpaired) electrons. The summed E-state index contributed by atoms with van der Waals surface area (Å²) < 4.78 is 0. The van der Waals surface area contributed by atoms with Gasteiger partial charge in [0.1, 0.15) is 86.8 Å². The number of likely N-dealkylation sites (N-methyl/N-ethyl adjacent to an activating group) is 1. The normalized spacial score (nSPS) is 8.49. The van der Waals surface area contributed by atoms with E-state index >= 15 is 0 Å². The number of aryl methyl sites for hydroxylation is 4. The van der Waals surface area contributed by atoms with Crippen LogP contribution in [0, 0.1) is 35.9 Å². The van der Waals surface area contributed by atoms with Crippen LogP contribution in [0.5, 0.6) is 0 Å². The van der Waals surface area contributed by atoms with Crippen LogP contribution < -0.4 is 75.9 Å². The number of carbonyl (C=O) groups is 14. The number of H-pyrrole nitrogens is 1. The van der Waals surface area contributed by atoms with Crippen LogP contribution >= 0.6 is 0 Å². The van der Waals surface area contributed by atoms with Crippen LogP contribution in [0.1, 0.15) is 230 Å². The number of piperidine rings is 1. The van der Waals surface area contributed by atoms with Crippen molar-refractivity contribution in [3.63, 3.8) is 0 Å². The molecule has 1 aliphatic rings. The zero-order valence-electron chi connectivity index (χ0n) is 81.2. The Morgan fingerprint density at radius 2 is 0.600 bits per heavy atom. The maximum atomic E-state index is 12.8. The van der Waals surface area contributed by atoms with Crippen molar-refractivity contribution < 1.29 is 77.8 Å². The van der Waals surface area contributed by atoms with Gasteiger partial charge in [0, 0.05) is 45.6 Å². The van der Waals surface area contributed by atoms with Gasteiger partial charge < -0.3 is 133 Å². The lowest BCUT2D eigenvalue weighted by Crippen LogP contribution is -2.54. The molecule has 1 fully saturated rings. The highest BCUT2D eigenvalue weighted by molar-refractivity contribution is 5.91. The van der Waals surface area contributed by atoms with Crippen molar-refractivity contribution in [3.05, 3.63) is 162 Å². The zero-order chi connectivity index (χ0) is 95.1. The summed E-state index contributed by atoms with van der Waals surface area (Å²) in [5, 5.41) is 2.81. The zero-order valence-corrected chi connectivity index (χ0v) is 81.2. The number of carbonyl (C=O) groups excluding carboxylic acids is 14. The summed E-state index contributed by atoms with van der Waals surface area (Å²) in [5.74, 6) is 3.88. The molecular weight excluding hydrogens is 1530 g/mol. The standard InChI is InChI=1S/C20H29N3O3.3C8H10.C5H6N2.5C5H12.5CH5N.11CH2O.6H3N.4H2/c1-15(20(26)23-12-8-5-9-13-23)21-19(25)18(22(3)16(2)24)14-17-10-6-4-7-11-17;3*1-2-8-6-4-3-5-7-8;1-2-5-3-6-4-7-5;5*1-4-5(2)3;16*1-2;;;;;;;;;;/h4,6-7,10-11,15,18H,5,8-9,12-14H2,1-3H3,(H,21,25);3*3-7H,2H2,1H3;3H,2H2,1H3;5*5H,4H2,1-3H3;5*2H2,1H3;11*1H2;6*1H3;4*1H/p+1/t15-,18-;;;;;;;;;;;;;;;;;;;;;;;;;;;;;;;;;;;/m0.................................../s1. The first-order valence-electron chi connectivity index (χ1n) is 37.9. The minimum absolute atomic E-state index is 0. The lowest BCUT2D eigenvalue weighted by Gasteiger charge is -2.31. The van der Waals surface area contributed by atoms with E-state index in [1.165, 1.54) is 95.9 Å². The summed E-state index contributed by atoms with van der Waals surface area (Å²) in [6, 6.07) is 39.7. The van der Waals surface area contributed by atoms with Gasteiger partial charge in [0.2, 0.25) is 23.9 Å². The van der Waals surface area contributed by atoms with E-state index in [0.717, 1.165) is 98.9 Å². The second-order valence-corrected chi connectivity index (χ2v) is 22.9. The third kappa shape index (κ3) is 180. The number of hydrogen-bond donors (Lipinski definition) is 13. The molecule has 0 spiro atoms. The number of hydrogen-bond acceptors (Lipinski definition) is 25. The summed E-state index contributed by atoms with van der Waals surface area (Å²) in [4.78, 5) is 135. The number of nitrogens with zero attached hydrogens (tertiary/aromatic N) is 3. The number of amides is 3. The molecule has 5 aromatic rings. The number of rotatable bonds is 15. The molecule has 1 aliphatic heterocycles. The predicted molar refractivity (Wildman–Crippen MR) is 526 cm³/mol. The van der Waals surface area contributed by atoms with Gasteiger partial charge in [-0.25, -0.2) is 0 Å². The molecule has 0 aliphatic carbocycles. The molecule has 30 nitrogen and oxygen atoms in total. The van der Waals surface area contributed by atoms with Crippen molar-refractivity contribution in [2.24, 2.45) is 58.3 Å². The number of benzene rings is 4. The molecule has 2 heterocycles. The molecule has 1 aromatic heterocycles. The largest absolute Gasteiger partial charge is 0.380 e. The number of likely N-dealkylation sites (tertiary alicyclic amines) is 1. The SMILES string of the molecule is C=O.C=O.C=O.C=O.C=O.C=O.C=O.C=O.C=O.C=O.C=O.CC(=O)N(C)[C@@H](Cc1ccccc1)C(=O)N[C@@H](C)C(=O)N1CCCCC1.CCC(C)C.CCC(C)C.CCC(C)C.CCC(C)C.CCC(C)C.CCc1c[n+]#c[nH]1.CCc1ccccc1.CCc1ccccc1.CCc1ccccc1.CN.CN.CN.CN.CN.N.N.N.N.N.N.[HH].[HH].[HH].[HH]. The van der Waals surface area contributed by atoms with Gasteiger partial charge in [0.05, 0.1) is 0 Å². The van der Waals surface area contributed by atoms with Gasteiger partial charge in [0.15, 0.2) is 5.69 Å². The van der Waals surface area contributed by atoms with Crippen LogP contribution in [-0.4, -0.2) is 175 Å². The van der Waals surface area contributed by atoms with E-state index in [2.05, 4.69) is 255 Å². The van der Waals surface area contributed by atoms with Crippen LogP contribution in [0.25, 0.3) is 0 Å². The van der Waals surface area contributed by atoms with Crippen LogP contribution in [0.15, 0.2) is 128 Å². The lowest BCUT2D eigenvalue weighted by atomic mass is 10.0. The molecule has 0 saturated carbocycles. The van der Waals surface area contributed by atoms with E-state index in [9.17, 15) is 14.4 Å². The summed E-state index contributed by atoms with van der Waals surface area (Å²) in [6.07, 6.45) is 18.9. The highest BCUT2D eigenvalue weighted by Crippen LogP contribution is 2.13. The average molecular weight is 1730 g/mol. The van der Waals surface area contributed by atoms with Crippen molar-refractivity contribution in [2.75, 3.05) is 55.4 Å². The second-order valence-electron chi connectivity index (χ2n) is 22.9. The first-order valence-corrected chi connectivity index (χ1v) is 37.9. The fraction of sp³-hybridized carbons (Fsp3) is 0.544. The smallest absolute Gasteiger partial charge is 0.344 e. The Labute approximate surface area is 740 Å². The first kappa shape index (κ1) is 185. The Morgan fingerprint density at radius 3 is 0.750 bits per heavy atom. The highest BCUT2D eigenvalue weighted by atomic mass is 16.2. The van der Waals surface area contributed by atoms with Crippen LogP contribution in [0.2, 0.25) is 0 Å². The first-order chi connectivity index (χ1) is 55.0. The Bertz CT molecular complexity index is 2200. The topological polar surface area (TPSA) is 627 Å².